The van der Waals surface area contributed by atoms with Gasteiger partial charge in [-0.25, -0.2) is 4.79 Å². The third kappa shape index (κ3) is 5.92. The molecule has 0 aromatic heterocycles. The number of aliphatic carboxylic acids is 1. The van der Waals surface area contributed by atoms with Gasteiger partial charge in [0.15, 0.2) is 0 Å². The molecule has 0 heterocycles. The van der Waals surface area contributed by atoms with E-state index in [4.69, 9.17) is 16.3 Å². The number of nitrogens with zero attached hydrogens (tertiary/aromatic N) is 1. The van der Waals surface area contributed by atoms with E-state index in [-0.39, 0.29) is 25.5 Å². The Labute approximate surface area is 193 Å². The maximum absolute atomic E-state index is 12.6. The summed E-state index contributed by atoms with van der Waals surface area (Å²) in [7, 11) is 0. The maximum Gasteiger partial charge on any atom is 0.407 e. The summed E-state index contributed by atoms with van der Waals surface area (Å²) in [6.07, 6.45) is 5.88. The molecule has 0 unspecified atom stereocenters. The van der Waals surface area contributed by atoms with Crippen LogP contribution in [0.5, 0.6) is 0 Å². The van der Waals surface area contributed by atoms with Gasteiger partial charge in [-0.2, -0.15) is 0 Å². The van der Waals surface area contributed by atoms with Crippen molar-refractivity contribution >= 4 is 18.0 Å². The highest BCUT2D eigenvalue weighted by Gasteiger charge is 2.29. The van der Waals surface area contributed by atoms with E-state index in [1.54, 1.807) is 0 Å². The smallest absolute Gasteiger partial charge is 0.407 e. The number of carboxylic acids is 1. The molecule has 0 radical (unpaired) electrons. The Bertz CT molecular complexity index is 1010. The van der Waals surface area contributed by atoms with Crippen LogP contribution in [0.1, 0.15) is 43.2 Å². The van der Waals surface area contributed by atoms with Gasteiger partial charge in [0.25, 0.3) is 0 Å². The molecule has 0 saturated heterocycles. The van der Waals surface area contributed by atoms with Gasteiger partial charge < -0.3 is 20.1 Å². The first kappa shape index (κ1) is 23.9. The van der Waals surface area contributed by atoms with Gasteiger partial charge in [-0.3, -0.25) is 9.59 Å². The van der Waals surface area contributed by atoms with Crippen molar-refractivity contribution in [1.82, 2.24) is 10.2 Å². The van der Waals surface area contributed by atoms with E-state index in [2.05, 4.69) is 23.4 Å². The third-order valence-electron chi connectivity index (χ3n) is 5.68. The lowest BCUT2D eigenvalue weighted by atomic mass is 9.98. The van der Waals surface area contributed by atoms with E-state index in [0.717, 1.165) is 33.6 Å². The molecule has 7 nitrogen and oxygen atoms in total. The van der Waals surface area contributed by atoms with Gasteiger partial charge in [0.05, 0.1) is 6.54 Å². The molecule has 3 rings (SSSR count). The Hall–Kier alpha value is -3.79. The molecule has 2 aromatic carbocycles. The Balaban J connectivity index is 1.62. The predicted molar refractivity (Wildman–Crippen MR) is 125 cm³/mol. The first-order valence-electron chi connectivity index (χ1n) is 11.0. The molecule has 2 amide bonds. The zero-order valence-electron chi connectivity index (χ0n) is 18.6. The summed E-state index contributed by atoms with van der Waals surface area (Å²) >= 11 is 0. The molecular formula is C26H28N2O5. The van der Waals surface area contributed by atoms with Crippen LogP contribution in [0.2, 0.25) is 0 Å². The largest absolute Gasteiger partial charge is 0.480 e. The number of alkyl carbamates (subject to hydrolysis) is 1. The normalized spacial score (nSPS) is 12.7. The molecule has 172 valence electrons. The monoisotopic (exact) mass is 448 g/mol. The highest BCUT2D eigenvalue weighted by atomic mass is 16.5. The van der Waals surface area contributed by atoms with Gasteiger partial charge in [-0.15, -0.1) is 6.42 Å². The lowest BCUT2D eigenvalue weighted by Crippen LogP contribution is -2.42. The molecule has 33 heavy (non-hydrogen) atoms. The number of benzene rings is 2. The standard InChI is InChI=1S/C26H28N2O5/c1-3-9-18(15-24(29)28(14-4-2)16-25(30)31)27-26(32)33-17-23-21-12-7-5-10-19(21)20-11-6-8-13-22(20)23/h2,5-8,10-13,18,23H,3,9,14-17H2,1H3,(H,27,32)(H,30,31)/t18-/m1/s1. The highest BCUT2D eigenvalue weighted by molar-refractivity contribution is 5.82. The van der Waals surface area contributed by atoms with Gasteiger partial charge in [0.1, 0.15) is 13.2 Å². The summed E-state index contributed by atoms with van der Waals surface area (Å²) in [6, 6.07) is 15.7. The van der Waals surface area contributed by atoms with Crippen LogP contribution in [-0.2, 0) is 14.3 Å². The average molecular weight is 449 g/mol. The molecule has 0 aliphatic heterocycles. The first-order chi connectivity index (χ1) is 15.9. The summed E-state index contributed by atoms with van der Waals surface area (Å²) in [5.41, 5.74) is 4.52. The van der Waals surface area contributed by atoms with Crippen LogP contribution in [0.15, 0.2) is 48.5 Å². The van der Waals surface area contributed by atoms with Crippen molar-refractivity contribution in [1.29, 1.82) is 0 Å². The molecule has 7 heteroatoms. The Kier molecular flexibility index (Phi) is 8.09. The number of hydrogen-bond donors (Lipinski definition) is 2. The number of amides is 2. The van der Waals surface area contributed by atoms with Gasteiger partial charge >= 0.3 is 12.1 Å². The van der Waals surface area contributed by atoms with Gasteiger partial charge in [-0.1, -0.05) is 67.8 Å². The lowest BCUT2D eigenvalue weighted by molar-refractivity contribution is -0.144. The lowest BCUT2D eigenvalue weighted by Gasteiger charge is -2.23. The second-order valence-electron chi connectivity index (χ2n) is 8.01. The van der Waals surface area contributed by atoms with Crippen molar-refractivity contribution in [3.8, 4) is 23.5 Å². The molecule has 0 saturated carbocycles. The van der Waals surface area contributed by atoms with Crippen molar-refractivity contribution in [3.63, 3.8) is 0 Å². The van der Waals surface area contributed by atoms with Crippen molar-refractivity contribution < 1.29 is 24.2 Å². The highest BCUT2D eigenvalue weighted by Crippen LogP contribution is 2.44. The fourth-order valence-electron chi connectivity index (χ4n) is 4.23. The van der Waals surface area contributed by atoms with Crippen LogP contribution in [-0.4, -0.2) is 53.7 Å². The summed E-state index contributed by atoms with van der Waals surface area (Å²) < 4.78 is 5.57. The van der Waals surface area contributed by atoms with Crippen LogP contribution in [0, 0.1) is 12.3 Å². The quantitative estimate of drug-likeness (QED) is 0.541. The number of carboxylic acid groups (broad SMARTS) is 1. The number of nitrogens with one attached hydrogen (secondary N) is 1. The SMILES string of the molecule is C#CCN(CC(=O)O)C(=O)C[C@@H](CCC)NC(=O)OCC1c2ccccc2-c2ccccc21. The maximum atomic E-state index is 12.6. The van der Waals surface area contributed by atoms with E-state index in [9.17, 15) is 14.4 Å². The summed E-state index contributed by atoms with van der Waals surface area (Å²) in [4.78, 5) is 37.2. The topological polar surface area (TPSA) is 95.9 Å². The van der Waals surface area contributed by atoms with Gasteiger partial charge in [0.2, 0.25) is 5.91 Å². The second-order valence-corrected chi connectivity index (χ2v) is 8.01. The average Bonchev–Trinajstić information content (AvgIpc) is 3.11. The minimum Gasteiger partial charge on any atom is -0.480 e. The number of hydrogen-bond acceptors (Lipinski definition) is 4. The molecule has 0 bridgehead atoms. The van der Waals surface area contributed by atoms with Crippen LogP contribution in [0.25, 0.3) is 11.1 Å². The number of carbonyl (C=O) groups is 3. The molecule has 1 atom stereocenters. The minimum atomic E-state index is -1.14. The molecule has 0 fully saturated rings. The van der Waals surface area contributed by atoms with Crippen LogP contribution in [0.4, 0.5) is 4.79 Å². The number of ether oxygens (including phenoxy) is 1. The van der Waals surface area contributed by atoms with Gasteiger partial charge in [-0.05, 0) is 28.7 Å². The molecule has 2 N–H and O–H groups in total. The fourth-order valence-corrected chi connectivity index (χ4v) is 4.23. The second kappa shape index (κ2) is 11.2. The van der Waals surface area contributed by atoms with Crippen LogP contribution >= 0.6 is 0 Å². The zero-order valence-corrected chi connectivity index (χ0v) is 18.6. The van der Waals surface area contributed by atoms with E-state index in [0.29, 0.717) is 6.42 Å². The number of carbonyl (C=O) groups excluding carboxylic acids is 2. The zero-order chi connectivity index (χ0) is 23.8. The molecule has 2 aromatic rings. The minimum absolute atomic E-state index is 0.0486. The van der Waals surface area contributed by atoms with Crippen molar-refractivity contribution in [2.45, 2.75) is 38.1 Å². The Morgan fingerprint density at radius 2 is 1.73 bits per heavy atom. The Morgan fingerprint density at radius 1 is 1.12 bits per heavy atom. The Morgan fingerprint density at radius 3 is 2.27 bits per heavy atom. The predicted octanol–water partition coefficient (Wildman–Crippen LogP) is 3.63. The third-order valence-corrected chi connectivity index (χ3v) is 5.68. The summed E-state index contributed by atoms with van der Waals surface area (Å²) in [5, 5.41) is 11.8. The number of terminal acetylenes is 1. The van der Waals surface area contributed by atoms with Crippen molar-refractivity contribution in [2.24, 2.45) is 0 Å². The van der Waals surface area contributed by atoms with Crippen molar-refractivity contribution in [3.05, 3.63) is 59.7 Å². The van der Waals surface area contributed by atoms with E-state index in [1.807, 2.05) is 43.3 Å². The van der Waals surface area contributed by atoms with E-state index in [1.165, 1.54) is 0 Å². The van der Waals surface area contributed by atoms with Crippen LogP contribution < -0.4 is 5.32 Å². The van der Waals surface area contributed by atoms with Gasteiger partial charge in [0, 0.05) is 18.4 Å². The van der Waals surface area contributed by atoms with E-state index >= 15 is 0 Å². The fraction of sp³-hybridized carbons (Fsp3) is 0.346. The summed E-state index contributed by atoms with van der Waals surface area (Å²) in [5.74, 6) is 0.672. The molecule has 1 aliphatic rings. The first-order valence-corrected chi connectivity index (χ1v) is 11.0. The number of rotatable bonds is 10. The van der Waals surface area contributed by atoms with Crippen LogP contribution in [0.3, 0.4) is 0 Å². The van der Waals surface area contributed by atoms with E-state index < -0.39 is 30.6 Å². The molecule has 0 spiro atoms. The number of fused-ring (bicyclic) bond motifs is 3. The summed E-state index contributed by atoms with van der Waals surface area (Å²) in [6.45, 7) is 1.53. The van der Waals surface area contributed by atoms with Crippen molar-refractivity contribution in [2.75, 3.05) is 19.7 Å². The molecule has 1 aliphatic carbocycles. The molecular weight excluding hydrogens is 420 g/mol.